The molecule has 2 heteroatoms. The van der Waals surface area contributed by atoms with Crippen molar-refractivity contribution in [1.29, 1.82) is 0 Å². The predicted molar refractivity (Wildman–Crippen MR) is 36.2 cm³/mol. The fourth-order valence-electron chi connectivity index (χ4n) is 1.12. The van der Waals surface area contributed by atoms with Crippen LogP contribution in [0.3, 0.4) is 0 Å². The fraction of sp³-hybridized carbons (Fsp3) is 1.00. The van der Waals surface area contributed by atoms with E-state index in [1.165, 1.54) is 0 Å². The quantitative estimate of drug-likeness (QED) is 0.513. The van der Waals surface area contributed by atoms with Gasteiger partial charge in [-0.2, -0.15) is 0 Å². The van der Waals surface area contributed by atoms with Crippen molar-refractivity contribution in [3.8, 4) is 0 Å². The topological polar surface area (TPSA) is 25.8 Å². The molecule has 1 atom stereocenters. The van der Waals surface area contributed by atoms with Gasteiger partial charge in [0.25, 0.3) is 0 Å². The summed E-state index contributed by atoms with van der Waals surface area (Å²) < 4.78 is 5.51. The van der Waals surface area contributed by atoms with Crippen LogP contribution in [-0.4, -0.2) is 25.8 Å². The second-order valence-corrected chi connectivity index (χ2v) is 2.97. The zero-order chi connectivity index (χ0) is 6.69. The van der Waals surface area contributed by atoms with Crippen LogP contribution in [0, 0.1) is 5.92 Å². The highest BCUT2D eigenvalue weighted by atomic mass is 16.5. The van der Waals surface area contributed by atoms with Crippen molar-refractivity contribution < 1.29 is 10.1 Å². The normalized spacial score (nSPS) is 29.0. The number of rotatable bonds is 1. The van der Waals surface area contributed by atoms with Crippen molar-refractivity contribution in [2.24, 2.45) is 5.92 Å². The lowest BCUT2D eigenvalue weighted by Crippen LogP contribution is -2.89. The average Bonchev–Trinajstić information content (AvgIpc) is 1.90. The number of hydrogen-bond donors (Lipinski definition) is 1. The van der Waals surface area contributed by atoms with Crippen LogP contribution < -0.4 is 5.32 Å². The molecule has 1 aliphatic heterocycles. The van der Waals surface area contributed by atoms with Gasteiger partial charge in [0, 0.05) is 0 Å². The van der Waals surface area contributed by atoms with Crippen LogP contribution in [-0.2, 0) is 4.74 Å². The van der Waals surface area contributed by atoms with E-state index in [0.717, 1.165) is 19.7 Å². The summed E-state index contributed by atoms with van der Waals surface area (Å²) in [6.45, 7) is 7.65. The Bertz CT molecular complexity index is 77.0. The monoisotopic (exact) mass is 130 g/mol. The van der Waals surface area contributed by atoms with Gasteiger partial charge in [-0.05, 0) is 5.92 Å². The molecule has 1 saturated heterocycles. The number of ether oxygens (including phenoxy) is 1. The third kappa shape index (κ3) is 1.95. The highest BCUT2D eigenvalue weighted by Gasteiger charge is 2.18. The Morgan fingerprint density at radius 2 is 2.33 bits per heavy atom. The van der Waals surface area contributed by atoms with Crippen molar-refractivity contribution in [3.63, 3.8) is 0 Å². The lowest BCUT2D eigenvalue weighted by Gasteiger charge is -2.23. The van der Waals surface area contributed by atoms with E-state index in [1.54, 1.807) is 0 Å². The molecular formula is C7H16NO+. The van der Waals surface area contributed by atoms with Crippen molar-refractivity contribution >= 4 is 0 Å². The van der Waals surface area contributed by atoms with Crippen LogP contribution >= 0.6 is 0 Å². The average molecular weight is 130 g/mol. The van der Waals surface area contributed by atoms with Gasteiger partial charge in [-0.1, -0.05) is 13.8 Å². The van der Waals surface area contributed by atoms with Crippen LogP contribution in [0.5, 0.6) is 0 Å². The highest BCUT2D eigenvalue weighted by molar-refractivity contribution is 4.61. The van der Waals surface area contributed by atoms with Crippen LogP contribution in [0.25, 0.3) is 0 Å². The Morgan fingerprint density at radius 1 is 1.56 bits per heavy atom. The van der Waals surface area contributed by atoms with E-state index in [9.17, 15) is 0 Å². The summed E-state index contributed by atoms with van der Waals surface area (Å²) in [5.41, 5.74) is 0. The van der Waals surface area contributed by atoms with Gasteiger partial charge in [-0.25, -0.2) is 0 Å². The molecule has 1 fully saturated rings. The lowest BCUT2D eigenvalue weighted by atomic mass is 10.1. The van der Waals surface area contributed by atoms with Crippen molar-refractivity contribution in [2.45, 2.75) is 20.0 Å². The van der Waals surface area contributed by atoms with Gasteiger partial charge in [0.05, 0.1) is 13.2 Å². The summed E-state index contributed by atoms with van der Waals surface area (Å²) >= 11 is 0. The van der Waals surface area contributed by atoms with E-state index in [0.29, 0.717) is 12.0 Å². The first kappa shape index (κ1) is 7.03. The molecule has 0 saturated carbocycles. The Labute approximate surface area is 56.6 Å². The van der Waals surface area contributed by atoms with E-state index < -0.39 is 0 Å². The maximum atomic E-state index is 5.51. The summed E-state index contributed by atoms with van der Waals surface area (Å²) in [5.74, 6) is 0.682. The molecule has 0 aromatic heterocycles. The van der Waals surface area contributed by atoms with Gasteiger partial charge in [-0.3, -0.25) is 0 Å². The molecule has 2 nitrogen and oxygen atoms in total. The van der Waals surface area contributed by atoms with Gasteiger partial charge in [0.2, 0.25) is 0 Å². The molecule has 1 unspecified atom stereocenters. The van der Waals surface area contributed by atoms with E-state index in [4.69, 9.17) is 4.74 Å². The zero-order valence-corrected chi connectivity index (χ0v) is 6.26. The molecule has 0 amide bonds. The number of morpholine rings is 1. The first-order chi connectivity index (χ1) is 4.30. The molecular weight excluding hydrogens is 114 g/mol. The SMILES string of the molecule is CC(C)C1C[NH2+]CCO1. The van der Waals surface area contributed by atoms with Gasteiger partial charge in [-0.15, -0.1) is 0 Å². The molecule has 9 heavy (non-hydrogen) atoms. The largest absolute Gasteiger partial charge is 0.366 e. The smallest absolute Gasteiger partial charge is 0.109 e. The molecule has 2 N–H and O–H groups in total. The van der Waals surface area contributed by atoms with E-state index in [2.05, 4.69) is 19.2 Å². The van der Waals surface area contributed by atoms with Crippen molar-refractivity contribution in [2.75, 3.05) is 19.7 Å². The first-order valence-corrected chi connectivity index (χ1v) is 3.74. The van der Waals surface area contributed by atoms with Gasteiger partial charge < -0.3 is 10.1 Å². The summed E-state index contributed by atoms with van der Waals surface area (Å²) in [6.07, 6.45) is 0.499. The second-order valence-electron chi connectivity index (χ2n) is 2.97. The van der Waals surface area contributed by atoms with Gasteiger partial charge in [0.15, 0.2) is 0 Å². The highest BCUT2D eigenvalue weighted by Crippen LogP contribution is 2.04. The Balaban J connectivity index is 2.23. The summed E-state index contributed by atoms with van der Waals surface area (Å²) in [5, 5.41) is 2.33. The molecule has 0 aromatic rings. The minimum absolute atomic E-state index is 0.499. The summed E-state index contributed by atoms with van der Waals surface area (Å²) in [7, 11) is 0. The van der Waals surface area contributed by atoms with Crippen LogP contribution in [0.4, 0.5) is 0 Å². The molecule has 54 valence electrons. The third-order valence-corrected chi connectivity index (χ3v) is 1.80. The number of quaternary nitrogens is 1. The summed E-state index contributed by atoms with van der Waals surface area (Å²) in [4.78, 5) is 0. The minimum Gasteiger partial charge on any atom is -0.366 e. The Hall–Kier alpha value is -0.0800. The predicted octanol–water partition coefficient (Wildman–Crippen LogP) is -0.395. The first-order valence-electron chi connectivity index (χ1n) is 3.74. The van der Waals surface area contributed by atoms with Gasteiger partial charge in [0.1, 0.15) is 12.6 Å². The molecule has 0 radical (unpaired) electrons. The molecule has 0 spiro atoms. The van der Waals surface area contributed by atoms with Crippen LogP contribution in [0.2, 0.25) is 0 Å². The van der Waals surface area contributed by atoms with Crippen LogP contribution in [0.1, 0.15) is 13.8 Å². The minimum atomic E-state index is 0.499. The molecule has 1 rings (SSSR count). The molecule has 0 aromatic carbocycles. The van der Waals surface area contributed by atoms with Crippen LogP contribution in [0.15, 0.2) is 0 Å². The fourth-order valence-corrected chi connectivity index (χ4v) is 1.12. The Kier molecular flexibility index (Phi) is 2.49. The molecule has 0 bridgehead atoms. The third-order valence-electron chi connectivity index (χ3n) is 1.80. The summed E-state index contributed by atoms with van der Waals surface area (Å²) in [6, 6.07) is 0. The van der Waals surface area contributed by atoms with E-state index >= 15 is 0 Å². The molecule has 1 heterocycles. The number of hydrogen-bond acceptors (Lipinski definition) is 1. The van der Waals surface area contributed by atoms with E-state index in [-0.39, 0.29) is 0 Å². The Morgan fingerprint density at radius 3 is 2.67 bits per heavy atom. The number of nitrogens with two attached hydrogens (primary N) is 1. The standard InChI is InChI=1S/C7H15NO/c1-6(2)7-5-8-3-4-9-7/h6-8H,3-5H2,1-2H3/p+1. The lowest BCUT2D eigenvalue weighted by molar-refractivity contribution is -0.678. The van der Waals surface area contributed by atoms with Crippen molar-refractivity contribution in [3.05, 3.63) is 0 Å². The van der Waals surface area contributed by atoms with E-state index in [1.807, 2.05) is 0 Å². The van der Waals surface area contributed by atoms with Gasteiger partial charge >= 0.3 is 0 Å². The van der Waals surface area contributed by atoms with Crippen molar-refractivity contribution in [1.82, 2.24) is 0 Å². The maximum Gasteiger partial charge on any atom is 0.109 e. The zero-order valence-electron chi connectivity index (χ0n) is 6.26. The maximum absolute atomic E-state index is 5.51. The molecule has 0 aliphatic carbocycles. The second kappa shape index (κ2) is 3.18. The molecule has 1 aliphatic rings.